The summed E-state index contributed by atoms with van der Waals surface area (Å²) in [6, 6.07) is 14.5. The van der Waals surface area contributed by atoms with Crippen molar-refractivity contribution in [1.82, 2.24) is 0 Å². The van der Waals surface area contributed by atoms with Crippen molar-refractivity contribution in [3.63, 3.8) is 0 Å². The molecule has 0 atom stereocenters. The van der Waals surface area contributed by atoms with E-state index in [9.17, 15) is 14.4 Å². The van der Waals surface area contributed by atoms with E-state index in [1.165, 1.54) is 0 Å². The fraction of sp³-hybridized carbons (Fsp3) is 0.348. The fourth-order valence-corrected chi connectivity index (χ4v) is 3.32. The zero-order valence-corrected chi connectivity index (χ0v) is 17.1. The van der Waals surface area contributed by atoms with Gasteiger partial charge in [0, 0.05) is 24.7 Å². The molecule has 2 aromatic rings. The summed E-state index contributed by atoms with van der Waals surface area (Å²) in [6.07, 6.45) is 2.49. The molecule has 158 valence electrons. The van der Waals surface area contributed by atoms with E-state index in [1.807, 2.05) is 30.3 Å². The van der Waals surface area contributed by atoms with Gasteiger partial charge in [-0.1, -0.05) is 30.3 Å². The highest BCUT2D eigenvalue weighted by molar-refractivity contribution is 5.97. The largest absolute Gasteiger partial charge is 0.480 e. The molecular weight excluding hydrogens is 384 g/mol. The van der Waals surface area contributed by atoms with Gasteiger partial charge in [0.1, 0.15) is 5.75 Å². The summed E-state index contributed by atoms with van der Waals surface area (Å²) >= 11 is 0. The van der Waals surface area contributed by atoms with Crippen molar-refractivity contribution in [2.75, 3.05) is 30.0 Å². The first-order valence-electron chi connectivity index (χ1n) is 10.1. The first-order chi connectivity index (χ1) is 14.6. The van der Waals surface area contributed by atoms with Gasteiger partial charge >= 0.3 is 5.97 Å². The number of piperidine rings is 1. The second-order valence-corrected chi connectivity index (χ2v) is 6.99. The average Bonchev–Trinajstić information content (AvgIpc) is 2.74. The number of hydrogen-bond acceptors (Lipinski definition) is 5. The Morgan fingerprint density at radius 2 is 1.90 bits per heavy atom. The molecule has 1 fully saturated rings. The monoisotopic (exact) mass is 410 g/mol. The molecule has 1 N–H and O–H groups in total. The number of esters is 1. The molecule has 0 aromatic heterocycles. The maximum absolute atomic E-state index is 12.4. The number of hydrogen-bond donors (Lipinski definition) is 1. The second-order valence-electron chi connectivity index (χ2n) is 6.99. The molecular formula is C23H26N2O5. The first-order valence-corrected chi connectivity index (χ1v) is 10.1. The van der Waals surface area contributed by atoms with Crippen LogP contribution in [0.15, 0.2) is 48.5 Å². The van der Waals surface area contributed by atoms with Crippen molar-refractivity contribution in [3.05, 3.63) is 54.1 Å². The van der Waals surface area contributed by atoms with Gasteiger partial charge in [-0.05, 0) is 37.5 Å². The maximum Gasteiger partial charge on any atom is 0.344 e. The Labute approximate surface area is 176 Å². The number of carbonyl (C=O) groups excluding carboxylic acids is 3. The van der Waals surface area contributed by atoms with Gasteiger partial charge in [-0.2, -0.15) is 0 Å². The van der Waals surface area contributed by atoms with Gasteiger partial charge in [-0.3, -0.25) is 9.59 Å². The molecule has 2 amide bonds. The van der Waals surface area contributed by atoms with Crippen LogP contribution in [0.3, 0.4) is 0 Å². The number of rotatable bonds is 8. The number of carbonyl (C=O) groups is 3. The summed E-state index contributed by atoms with van der Waals surface area (Å²) < 4.78 is 10.6. The standard InChI is InChI=1S/C23H26N2O5/c1-2-29-23(28)16-30-20-15-18(24-21(26)14-17-8-4-3-5-9-17)11-12-19(20)25-13-7-6-10-22(25)27/h3-5,8-9,11-12,15H,2,6-7,10,13-14,16H2,1H3,(H,24,26). The van der Waals surface area contributed by atoms with Crippen molar-refractivity contribution in [3.8, 4) is 5.75 Å². The van der Waals surface area contributed by atoms with Crippen LogP contribution < -0.4 is 15.0 Å². The van der Waals surface area contributed by atoms with Crippen molar-refractivity contribution >= 4 is 29.2 Å². The fourth-order valence-electron chi connectivity index (χ4n) is 3.32. The molecule has 0 aliphatic carbocycles. The molecule has 30 heavy (non-hydrogen) atoms. The summed E-state index contributed by atoms with van der Waals surface area (Å²) in [6.45, 7) is 2.30. The van der Waals surface area contributed by atoms with Gasteiger partial charge in [0.25, 0.3) is 0 Å². The summed E-state index contributed by atoms with van der Waals surface area (Å²) in [4.78, 5) is 38.2. The SMILES string of the molecule is CCOC(=O)COc1cc(NC(=O)Cc2ccccc2)ccc1N1CCCCC1=O. The van der Waals surface area contributed by atoms with Crippen molar-refractivity contribution in [1.29, 1.82) is 0 Å². The summed E-state index contributed by atoms with van der Waals surface area (Å²) in [5, 5.41) is 2.85. The molecule has 1 saturated heterocycles. The molecule has 0 unspecified atom stereocenters. The van der Waals surface area contributed by atoms with E-state index in [4.69, 9.17) is 9.47 Å². The number of nitrogens with zero attached hydrogens (tertiary/aromatic N) is 1. The summed E-state index contributed by atoms with van der Waals surface area (Å²) in [5.74, 6) is -0.287. The van der Waals surface area contributed by atoms with Crippen LogP contribution in [0, 0.1) is 0 Å². The lowest BCUT2D eigenvalue weighted by Crippen LogP contribution is -2.35. The third-order valence-corrected chi connectivity index (χ3v) is 4.72. The topological polar surface area (TPSA) is 84.9 Å². The van der Waals surface area contributed by atoms with Crippen LogP contribution in [-0.2, 0) is 25.5 Å². The molecule has 7 heteroatoms. The van der Waals surface area contributed by atoms with Crippen LogP contribution in [0.4, 0.5) is 11.4 Å². The summed E-state index contributed by atoms with van der Waals surface area (Å²) in [5.41, 5.74) is 2.03. The molecule has 3 rings (SSSR count). The lowest BCUT2D eigenvalue weighted by Gasteiger charge is -2.28. The smallest absolute Gasteiger partial charge is 0.344 e. The minimum absolute atomic E-state index is 0.0168. The van der Waals surface area contributed by atoms with Gasteiger partial charge in [0.05, 0.1) is 18.7 Å². The molecule has 0 saturated carbocycles. The van der Waals surface area contributed by atoms with Gasteiger partial charge in [0.2, 0.25) is 11.8 Å². The first kappa shape index (κ1) is 21.4. The number of benzene rings is 2. The van der Waals surface area contributed by atoms with E-state index >= 15 is 0 Å². The molecule has 0 spiro atoms. The van der Waals surface area contributed by atoms with Crippen molar-refractivity contribution in [2.24, 2.45) is 0 Å². The van der Waals surface area contributed by atoms with Gasteiger partial charge < -0.3 is 19.7 Å². The Morgan fingerprint density at radius 1 is 1.10 bits per heavy atom. The lowest BCUT2D eigenvalue weighted by atomic mass is 10.1. The predicted octanol–water partition coefficient (Wildman–Crippen LogP) is 3.33. The maximum atomic E-state index is 12.4. The molecule has 2 aromatic carbocycles. The number of amides is 2. The number of anilines is 2. The van der Waals surface area contributed by atoms with Crippen molar-refractivity contribution in [2.45, 2.75) is 32.6 Å². The van der Waals surface area contributed by atoms with Crippen LogP contribution in [0.1, 0.15) is 31.7 Å². The molecule has 0 bridgehead atoms. The molecule has 7 nitrogen and oxygen atoms in total. The zero-order valence-electron chi connectivity index (χ0n) is 17.1. The van der Waals surface area contributed by atoms with Crippen LogP contribution in [0.2, 0.25) is 0 Å². The van der Waals surface area contributed by atoms with E-state index < -0.39 is 5.97 Å². The molecule has 1 heterocycles. The molecule has 1 aliphatic heterocycles. The molecule has 0 radical (unpaired) electrons. The molecule has 1 aliphatic rings. The van der Waals surface area contributed by atoms with Gasteiger partial charge in [-0.25, -0.2) is 4.79 Å². The van der Waals surface area contributed by atoms with E-state index in [2.05, 4.69) is 5.32 Å². The Bertz CT molecular complexity index is 898. The number of nitrogens with one attached hydrogen (secondary N) is 1. The highest BCUT2D eigenvalue weighted by Crippen LogP contribution is 2.34. The Morgan fingerprint density at radius 3 is 2.63 bits per heavy atom. The minimum atomic E-state index is -0.494. The number of ether oxygens (including phenoxy) is 2. The van der Waals surface area contributed by atoms with Crippen LogP contribution in [-0.4, -0.2) is 37.5 Å². The van der Waals surface area contributed by atoms with Gasteiger partial charge in [-0.15, -0.1) is 0 Å². The highest BCUT2D eigenvalue weighted by atomic mass is 16.6. The van der Waals surface area contributed by atoms with Crippen LogP contribution in [0.5, 0.6) is 5.75 Å². The Hall–Kier alpha value is -3.35. The van der Waals surface area contributed by atoms with Gasteiger partial charge in [0.15, 0.2) is 6.61 Å². The quantitative estimate of drug-likeness (QED) is 0.675. The second kappa shape index (κ2) is 10.4. The van der Waals surface area contributed by atoms with Crippen LogP contribution >= 0.6 is 0 Å². The van der Waals surface area contributed by atoms with E-state index in [-0.39, 0.29) is 31.4 Å². The lowest BCUT2D eigenvalue weighted by molar-refractivity contribution is -0.145. The van der Waals surface area contributed by atoms with E-state index in [0.29, 0.717) is 30.1 Å². The van der Waals surface area contributed by atoms with E-state index in [0.717, 1.165) is 18.4 Å². The van der Waals surface area contributed by atoms with Crippen molar-refractivity contribution < 1.29 is 23.9 Å². The Balaban J connectivity index is 1.77. The van der Waals surface area contributed by atoms with Crippen LogP contribution in [0.25, 0.3) is 0 Å². The third-order valence-electron chi connectivity index (χ3n) is 4.72. The van der Waals surface area contributed by atoms with E-state index in [1.54, 1.807) is 30.0 Å². The normalized spacial score (nSPS) is 13.6. The zero-order chi connectivity index (χ0) is 21.3. The highest BCUT2D eigenvalue weighted by Gasteiger charge is 2.23. The Kier molecular flexibility index (Phi) is 7.43. The minimum Gasteiger partial charge on any atom is -0.480 e. The predicted molar refractivity (Wildman–Crippen MR) is 114 cm³/mol. The average molecular weight is 410 g/mol. The third kappa shape index (κ3) is 5.83. The summed E-state index contributed by atoms with van der Waals surface area (Å²) in [7, 11) is 0.